The molecular formula is C52H48N10O22S5. The maximum absolute atomic E-state index is 12.4. The second kappa shape index (κ2) is 32.6. The van der Waals surface area contributed by atoms with Crippen LogP contribution in [0, 0.1) is 0 Å². The van der Waals surface area contributed by atoms with Crippen molar-refractivity contribution in [3.63, 3.8) is 0 Å². The monoisotopic (exact) mass is 1320 g/mol. The molecule has 0 fully saturated rings. The number of rotatable bonds is 21. The molecule has 0 aliphatic rings. The van der Waals surface area contributed by atoms with Gasteiger partial charge in [0.2, 0.25) is 0 Å². The lowest BCUT2D eigenvalue weighted by Gasteiger charge is -2.11. The van der Waals surface area contributed by atoms with Crippen LogP contribution >= 0.6 is 0 Å². The average molecular weight is 1330 g/mol. The number of hydrogen-bond acceptors (Lipinski definition) is 30. The molecule has 0 heterocycles. The van der Waals surface area contributed by atoms with Crippen LogP contribution in [0.4, 0.5) is 56.9 Å². The number of azo groups is 4. The van der Waals surface area contributed by atoms with Gasteiger partial charge in [0.05, 0.1) is 51.1 Å². The number of nitrogens with one attached hydrogen (secondary N) is 1. The number of ether oxygens (including phenoxy) is 4. The first-order valence-electron chi connectivity index (χ1n) is 24.6. The summed E-state index contributed by atoms with van der Waals surface area (Å²) in [7, 11) is -16.1. The van der Waals surface area contributed by atoms with E-state index in [0.29, 0.717) is 28.8 Å². The highest BCUT2D eigenvalue weighted by molar-refractivity contribution is 7.86. The lowest BCUT2D eigenvalue weighted by Crippen LogP contribution is -2.08. The SMILES string of the molecule is CCCOc1cc(N=Nc2cc(OC)c(N=Nc3cc(OC)c(N=Nc4ccc5cc(NCOc6ccc(N)cc6)ccc5c4O)cc3CO)cc2CO)ccc1N=Nc1cc2c(S(=O)(=O)O)cccc2cc1S(=O)(=O)O.O=S(=O)=O.O=S(=O)=O.O=S(=O)=O. The quantitative estimate of drug-likeness (QED) is 0.0152. The average Bonchev–Trinajstić information content (AvgIpc) is 3.01. The molecule has 0 saturated heterocycles. The van der Waals surface area contributed by atoms with Gasteiger partial charge in [-0.2, -0.15) is 27.1 Å². The van der Waals surface area contributed by atoms with Crippen LogP contribution in [0.2, 0.25) is 0 Å². The van der Waals surface area contributed by atoms with Gasteiger partial charge in [-0.15, -0.1) is 68.6 Å². The maximum Gasteiger partial charge on any atom is 0.425 e. The number of aliphatic hydroxyl groups is 2. The minimum Gasteiger partial charge on any atom is -0.505 e. The van der Waals surface area contributed by atoms with Crippen LogP contribution in [0.25, 0.3) is 21.5 Å². The zero-order valence-electron chi connectivity index (χ0n) is 46.0. The number of aromatic hydroxyl groups is 1. The number of nitrogen functional groups attached to an aromatic ring is 1. The molecule has 0 saturated carbocycles. The molecule has 0 amide bonds. The highest BCUT2D eigenvalue weighted by atomic mass is 32.2. The van der Waals surface area contributed by atoms with Crippen LogP contribution in [0.3, 0.4) is 0 Å². The smallest absolute Gasteiger partial charge is 0.425 e. The van der Waals surface area contributed by atoms with Gasteiger partial charge in [0, 0.05) is 51.5 Å². The summed E-state index contributed by atoms with van der Waals surface area (Å²) < 4.78 is 168. The van der Waals surface area contributed by atoms with Gasteiger partial charge in [-0.25, -0.2) is 0 Å². The second-order valence-corrected chi connectivity index (χ2v) is 21.2. The Hall–Kier alpha value is -10.1. The van der Waals surface area contributed by atoms with Crippen molar-refractivity contribution in [2.45, 2.75) is 36.3 Å². The van der Waals surface area contributed by atoms with Crippen molar-refractivity contribution in [2.24, 2.45) is 40.9 Å². The van der Waals surface area contributed by atoms with Gasteiger partial charge in [0.25, 0.3) is 20.2 Å². The minimum atomic E-state index is -4.89. The molecule has 89 heavy (non-hydrogen) atoms. The maximum atomic E-state index is 12.4. The molecule has 8 rings (SSSR count). The lowest BCUT2D eigenvalue weighted by molar-refractivity contribution is 0.282. The number of methoxy groups -OCH3 is 2. The van der Waals surface area contributed by atoms with Gasteiger partial charge < -0.3 is 45.3 Å². The molecule has 8 aromatic rings. The summed E-state index contributed by atoms with van der Waals surface area (Å²) >= 11 is 0. The predicted octanol–water partition coefficient (Wildman–Crippen LogP) is 9.66. The highest BCUT2D eigenvalue weighted by Gasteiger charge is 2.22. The molecule has 0 aliphatic heterocycles. The first-order chi connectivity index (χ1) is 42.2. The van der Waals surface area contributed by atoms with Crippen molar-refractivity contribution in [2.75, 3.05) is 38.6 Å². The van der Waals surface area contributed by atoms with E-state index in [9.17, 15) is 41.3 Å². The van der Waals surface area contributed by atoms with E-state index in [-0.39, 0.29) is 92.5 Å². The van der Waals surface area contributed by atoms with Crippen LogP contribution in [-0.2, 0) is 65.3 Å². The van der Waals surface area contributed by atoms with Gasteiger partial charge in [0.1, 0.15) is 61.2 Å². The molecule has 0 aromatic heterocycles. The van der Waals surface area contributed by atoms with Gasteiger partial charge in [-0.3, -0.25) is 9.11 Å². The molecule has 0 atom stereocenters. The van der Waals surface area contributed by atoms with Crippen molar-refractivity contribution in [1.29, 1.82) is 0 Å². The first-order valence-corrected chi connectivity index (χ1v) is 30.4. The third-order valence-corrected chi connectivity index (χ3v) is 13.2. The highest BCUT2D eigenvalue weighted by Crippen LogP contribution is 2.43. The molecule has 468 valence electrons. The molecular weight excluding hydrogens is 1280 g/mol. The number of anilines is 2. The Morgan fingerprint density at radius 3 is 1.54 bits per heavy atom. The number of phenols is 1. The number of nitrogens with zero attached hydrogens (tertiary/aromatic N) is 8. The molecule has 0 aliphatic carbocycles. The summed E-state index contributed by atoms with van der Waals surface area (Å²) in [6.07, 6.45) is 0.582. The number of benzene rings is 8. The molecule has 0 radical (unpaired) electrons. The van der Waals surface area contributed by atoms with Gasteiger partial charge >= 0.3 is 31.8 Å². The number of aliphatic hydroxyl groups excluding tert-OH is 2. The number of fused-ring (bicyclic) bond motifs is 2. The summed E-state index contributed by atoms with van der Waals surface area (Å²) in [5, 5.41) is 70.7. The van der Waals surface area contributed by atoms with Crippen molar-refractivity contribution in [1.82, 2.24) is 0 Å². The van der Waals surface area contributed by atoms with E-state index in [2.05, 4.69) is 46.2 Å². The Balaban J connectivity index is 0.00000110. The fourth-order valence-corrected chi connectivity index (χ4v) is 8.91. The van der Waals surface area contributed by atoms with Crippen LogP contribution < -0.4 is 30.0 Å². The largest absolute Gasteiger partial charge is 0.505 e. The summed E-state index contributed by atoms with van der Waals surface area (Å²) in [4.78, 5) is -1.18. The lowest BCUT2D eigenvalue weighted by atomic mass is 10.1. The molecule has 0 bridgehead atoms. The van der Waals surface area contributed by atoms with E-state index in [1.165, 1.54) is 68.8 Å². The van der Waals surface area contributed by atoms with Crippen molar-refractivity contribution in [3.8, 4) is 28.7 Å². The Morgan fingerprint density at radius 1 is 0.494 bits per heavy atom. The van der Waals surface area contributed by atoms with Crippen LogP contribution in [0.15, 0.2) is 178 Å². The van der Waals surface area contributed by atoms with Crippen LogP contribution in [-0.4, -0.2) is 107 Å². The second-order valence-electron chi connectivity index (χ2n) is 17.2. The van der Waals surface area contributed by atoms with Gasteiger partial charge in [-0.1, -0.05) is 25.1 Å². The van der Waals surface area contributed by atoms with E-state index in [0.717, 1.165) is 29.3 Å². The van der Waals surface area contributed by atoms with E-state index in [1.807, 2.05) is 13.0 Å². The Kier molecular flexibility index (Phi) is 25.5. The summed E-state index contributed by atoms with van der Waals surface area (Å²) in [6, 6.07) is 32.2. The van der Waals surface area contributed by atoms with Gasteiger partial charge in [-0.05, 0) is 108 Å². The molecule has 8 aromatic carbocycles. The van der Waals surface area contributed by atoms with Crippen molar-refractivity contribution < 1.29 is 98.1 Å². The fourth-order valence-electron chi connectivity index (χ4n) is 7.57. The first kappa shape index (κ1) is 69.6. The van der Waals surface area contributed by atoms with Crippen molar-refractivity contribution >= 4 is 130 Å². The zero-order valence-corrected chi connectivity index (χ0v) is 50.1. The molecule has 8 N–H and O–H groups in total. The Bertz CT molecular complexity index is 4560. The van der Waals surface area contributed by atoms with E-state index >= 15 is 0 Å². The third kappa shape index (κ3) is 20.8. The van der Waals surface area contributed by atoms with E-state index in [1.54, 1.807) is 48.5 Å². The summed E-state index contributed by atoms with van der Waals surface area (Å²) in [6.45, 7) is 1.31. The predicted molar refractivity (Wildman–Crippen MR) is 315 cm³/mol. The number of nitrogens with two attached hydrogens (primary N) is 1. The third-order valence-electron chi connectivity index (χ3n) is 11.4. The summed E-state index contributed by atoms with van der Waals surface area (Å²) in [5.74, 6) is 1.12. The molecule has 37 heteroatoms. The fraction of sp³-hybridized carbons (Fsp3) is 0.154. The van der Waals surface area contributed by atoms with Crippen LogP contribution in [0.5, 0.6) is 28.7 Å². The molecule has 32 nitrogen and oxygen atoms in total. The Morgan fingerprint density at radius 2 is 1.00 bits per heavy atom. The molecule has 0 unspecified atom stereocenters. The summed E-state index contributed by atoms with van der Waals surface area (Å²) in [5.41, 5.74) is 8.66. The van der Waals surface area contributed by atoms with Gasteiger partial charge in [0.15, 0.2) is 12.5 Å². The molecule has 0 spiro atoms. The van der Waals surface area contributed by atoms with Crippen molar-refractivity contribution in [3.05, 3.63) is 139 Å². The minimum absolute atomic E-state index is 0.0721. The zero-order chi connectivity index (χ0) is 65.6. The normalized spacial score (nSPS) is 11.4. The van der Waals surface area contributed by atoms with E-state index < -0.39 is 80.8 Å². The standard InChI is InChI=1S/C52H48N10O13S2.3O3S/c1-4-18-74-49-23-36(12-17-40(49)56-62-46-24-39-30(22-51(46)77(69,70)71)6-5-7-50(39)76(66,67)68)55-58-42-25-47(72-2)45(20-32(42)27-63)61-59-43-26-48(73-3)44(21-33(43)28-64)60-57-41-16-8-31-19-35(11-15-38(31)52(41)65)54-29-75-37-13-9-34(53)10-14-37;3*1-4(2)3/h5-17,19-26,54,63-65H,4,18,27-29,53H2,1-3H3,(H,66,67,68)(H,69,70,71);;;. The number of hydrogen-bond donors (Lipinski definition) is 7. The topological polar surface area (TPSA) is 497 Å². The van der Waals surface area contributed by atoms with Crippen LogP contribution in [0.1, 0.15) is 24.5 Å². The number of phenolic OH excluding ortho intramolecular Hbond substituents is 1. The van der Waals surface area contributed by atoms with E-state index in [4.69, 9.17) is 62.6 Å². The Labute approximate surface area is 509 Å².